The third-order valence-electron chi connectivity index (χ3n) is 6.79. The minimum atomic E-state index is -2.68. The summed E-state index contributed by atoms with van der Waals surface area (Å²) in [4.78, 5) is 14.7. The van der Waals surface area contributed by atoms with Gasteiger partial charge >= 0.3 is 0 Å². The van der Waals surface area contributed by atoms with Crippen molar-refractivity contribution in [1.29, 1.82) is 0 Å². The van der Waals surface area contributed by atoms with E-state index in [1.807, 2.05) is 26.0 Å². The van der Waals surface area contributed by atoms with Crippen LogP contribution in [0.25, 0.3) is 0 Å². The van der Waals surface area contributed by atoms with Gasteiger partial charge in [0.15, 0.2) is 0 Å². The van der Waals surface area contributed by atoms with Crippen LogP contribution in [-0.4, -0.2) is 63.2 Å². The highest BCUT2D eigenvalue weighted by atomic mass is 28.4. The lowest BCUT2D eigenvalue weighted by molar-refractivity contribution is -0.144. The first-order valence-electron chi connectivity index (χ1n) is 12.0. The second kappa shape index (κ2) is 11.0. The van der Waals surface area contributed by atoms with Gasteiger partial charge in [-0.25, -0.2) is 0 Å². The Labute approximate surface area is 199 Å². The van der Waals surface area contributed by atoms with Crippen molar-refractivity contribution in [2.75, 3.05) is 32.9 Å². The molecule has 3 unspecified atom stereocenters. The number of aliphatic hydroxyl groups excluding tert-OH is 1. The SMILES string of the molecule is CC(CO[Si](c1ccccc1)(c1ccccc1)C(C)(C)C)C(O)C(C)C(=O)N1CCOCC1. The lowest BCUT2D eigenvalue weighted by Gasteiger charge is -2.44. The van der Waals surface area contributed by atoms with Crippen LogP contribution in [0.3, 0.4) is 0 Å². The maximum Gasteiger partial charge on any atom is 0.261 e. The first-order valence-corrected chi connectivity index (χ1v) is 13.9. The Morgan fingerprint density at radius 2 is 1.48 bits per heavy atom. The minimum Gasteiger partial charge on any atom is -0.407 e. The van der Waals surface area contributed by atoms with E-state index in [1.165, 1.54) is 10.4 Å². The van der Waals surface area contributed by atoms with Crippen molar-refractivity contribution in [3.05, 3.63) is 60.7 Å². The third kappa shape index (κ3) is 5.57. The topological polar surface area (TPSA) is 59.0 Å². The summed E-state index contributed by atoms with van der Waals surface area (Å²) in [6.07, 6.45) is -0.779. The first-order chi connectivity index (χ1) is 15.7. The predicted molar refractivity (Wildman–Crippen MR) is 135 cm³/mol. The van der Waals surface area contributed by atoms with E-state index in [2.05, 4.69) is 69.3 Å². The number of aliphatic hydroxyl groups is 1. The van der Waals surface area contributed by atoms with Gasteiger partial charge in [-0.2, -0.15) is 0 Å². The molecule has 1 amide bonds. The van der Waals surface area contributed by atoms with Crippen molar-refractivity contribution in [2.24, 2.45) is 11.8 Å². The molecular formula is C27H39NO4Si. The van der Waals surface area contributed by atoms with Gasteiger partial charge in [-0.15, -0.1) is 0 Å². The molecule has 0 bridgehead atoms. The molecular weight excluding hydrogens is 430 g/mol. The van der Waals surface area contributed by atoms with E-state index in [-0.39, 0.29) is 16.9 Å². The van der Waals surface area contributed by atoms with Gasteiger partial charge in [0.05, 0.1) is 25.2 Å². The van der Waals surface area contributed by atoms with E-state index >= 15 is 0 Å². The fraction of sp³-hybridized carbons (Fsp3) is 0.519. The molecule has 180 valence electrons. The van der Waals surface area contributed by atoms with Crippen molar-refractivity contribution < 1.29 is 19.1 Å². The zero-order valence-corrected chi connectivity index (χ0v) is 21.7. The molecule has 0 saturated carbocycles. The van der Waals surface area contributed by atoms with Crippen LogP contribution in [0.4, 0.5) is 0 Å². The van der Waals surface area contributed by atoms with Gasteiger partial charge in [-0.1, -0.05) is 95.3 Å². The molecule has 5 nitrogen and oxygen atoms in total. The standard InChI is InChI=1S/C27H39NO4Si/c1-21(25(29)22(2)26(30)28-16-18-31-19-17-28)20-32-33(27(3,4)5,23-12-8-6-9-13-23)24-14-10-7-11-15-24/h6-15,21-22,25,29H,16-20H2,1-5H3. The van der Waals surface area contributed by atoms with Crippen LogP contribution >= 0.6 is 0 Å². The highest BCUT2D eigenvalue weighted by Gasteiger charge is 2.50. The summed E-state index contributed by atoms with van der Waals surface area (Å²) in [5, 5.41) is 13.4. The summed E-state index contributed by atoms with van der Waals surface area (Å²) in [6, 6.07) is 21.0. The number of ether oxygens (including phenoxy) is 1. The smallest absolute Gasteiger partial charge is 0.261 e. The fourth-order valence-corrected chi connectivity index (χ4v) is 9.50. The van der Waals surface area contributed by atoms with Crippen LogP contribution in [0.5, 0.6) is 0 Å². The third-order valence-corrected chi connectivity index (χ3v) is 11.8. The zero-order chi connectivity index (χ0) is 24.1. The number of hydrogen-bond donors (Lipinski definition) is 1. The highest BCUT2D eigenvalue weighted by Crippen LogP contribution is 2.37. The van der Waals surface area contributed by atoms with Crippen molar-refractivity contribution in [3.63, 3.8) is 0 Å². The average molecular weight is 470 g/mol. The van der Waals surface area contributed by atoms with Crippen molar-refractivity contribution in [2.45, 2.75) is 45.8 Å². The number of morpholine rings is 1. The van der Waals surface area contributed by atoms with Gasteiger partial charge in [-0.05, 0) is 15.4 Å². The monoisotopic (exact) mass is 469 g/mol. The van der Waals surface area contributed by atoms with Crippen LogP contribution in [-0.2, 0) is 14.0 Å². The highest BCUT2D eigenvalue weighted by molar-refractivity contribution is 6.99. The number of carbonyl (C=O) groups is 1. The summed E-state index contributed by atoms with van der Waals surface area (Å²) in [5.74, 6) is -0.685. The predicted octanol–water partition coefficient (Wildman–Crippen LogP) is 3.05. The summed E-state index contributed by atoms with van der Waals surface area (Å²) >= 11 is 0. The zero-order valence-electron chi connectivity index (χ0n) is 20.7. The quantitative estimate of drug-likeness (QED) is 0.604. The Balaban J connectivity index is 1.84. The van der Waals surface area contributed by atoms with Crippen LogP contribution < -0.4 is 10.4 Å². The largest absolute Gasteiger partial charge is 0.407 e. The Morgan fingerprint density at radius 1 is 1.00 bits per heavy atom. The normalized spacial score (nSPS) is 17.9. The number of hydrogen-bond acceptors (Lipinski definition) is 4. The Hall–Kier alpha value is -1.99. The Kier molecular flexibility index (Phi) is 8.51. The lowest BCUT2D eigenvalue weighted by Crippen LogP contribution is -2.67. The van der Waals surface area contributed by atoms with Gasteiger partial charge in [0, 0.05) is 25.6 Å². The van der Waals surface area contributed by atoms with E-state index in [0.29, 0.717) is 32.9 Å². The van der Waals surface area contributed by atoms with E-state index in [1.54, 1.807) is 4.90 Å². The number of nitrogens with zero attached hydrogens (tertiary/aromatic N) is 1. The molecule has 0 aliphatic carbocycles. The number of amides is 1. The molecule has 0 radical (unpaired) electrons. The molecule has 6 heteroatoms. The van der Waals surface area contributed by atoms with E-state index in [4.69, 9.17) is 9.16 Å². The molecule has 1 aliphatic heterocycles. The van der Waals surface area contributed by atoms with Gasteiger partial charge in [0.2, 0.25) is 5.91 Å². The molecule has 1 aliphatic rings. The maximum absolute atomic E-state index is 12.9. The minimum absolute atomic E-state index is 0.0110. The maximum atomic E-state index is 12.9. The molecule has 1 N–H and O–H groups in total. The molecule has 2 aromatic carbocycles. The van der Waals surface area contributed by atoms with Crippen molar-refractivity contribution in [1.82, 2.24) is 4.90 Å². The second-order valence-electron chi connectivity index (χ2n) is 10.2. The van der Waals surface area contributed by atoms with Crippen LogP contribution in [0.2, 0.25) is 5.04 Å². The summed E-state index contributed by atoms with van der Waals surface area (Å²) < 4.78 is 12.3. The number of benzene rings is 2. The summed E-state index contributed by atoms with van der Waals surface area (Å²) in [7, 11) is -2.68. The van der Waals surface area contributed by atoms with Crippen LogP contribution in [0.15, 0.2) is 60.7 Å². The van der Waals surface area contributed by atoms with Gasteiger partial charge < -0.3 is 19.2 Å². The molecule has 33 heavy (non-hydrogen) atoms. The van der Waals surface area contributed by atoms with Crippen LogP contribution in [0, 0.1) is 11.8 Å². The average Bonchev–Trinajstić information content (AvgIpc) is 2.84. The molecule has 1 fully saturated rings. The molecule has 1 heterocycles. The molecule has 2 aromatic rings. The van der Waals surface area contributed by atoms with Crippen LogP contribution in [0.1, 0.15) is 34.6 Å². The molecule has 1 saturated heterocycles. The Morgan fingerprint density at radius 3 is 1.94 bits per heavy atom. The molecule has 3 atom stereocenters. The fourth-order valence-electron chi connectivity index (χ4n) is 4.83. The van der Waals surface area contributed by atoms with E-state index < -0.39 is 20.3 Å². The lowest BCUT2D eigenvalue weighted by atomic mass is 9.93. The molecule has 3 rings (SSSR count). The second-order valence-corrected chi connectivity index (χ2v) is 14.5. The van der Waals surface area contributed by atoms with Crippen molar-refractivity contribution in [3.8, 4) is 0 Å². The molecule has 0 spiro atoms. The van der Waals surface area contributed by atoms with Gasteiger partial charge in [0.25, 0.3) is 8.32 Å². The first kappa shape index (κ1) is 25.6. The molecule has 0 aromatic heterocycles. The Bertz CT molecular complexity index is 838. The summed E-state index contributed by atoms with van der Waals surface area (Å²) in [5.41, 5.74) is 0. The number of carbonyl (C=O) groups excluding carboxylic acids is 1. The van der Waals surface area contributed by atoms with Crippen molar-refractivity contribution >= 4 is 24.6 Å². The van der Waals surface area contributed by atoms with Gasteiger partial charge in [-0.3, -0.25) is 4.79 Å². The van der Waals surface area contributed by atoms with E-state index in [9.17, 15) is 9.90 Å². The summed E-state index contributed by atoms with van der Waals surface area (Å²) in [6.45, 7) is 13.2. The van der Waals surface area contributed by atoms with Gasteiger partial charge in [0.1, 0.15) is 0 Å². The van der Waals surface area contributed by atoms with E-state index in [0.717, 1.165) is 0 Å². The number of rotatable bonds is 8.